The number of aromatic nitrogens is 1. The predicted molar refractivity (Wildman–Crippen MR) is 79.2 cm³/mol. The summed E-state index contributed by atoms with van der Waals surface area (Å²) in [6.45, 7) is 4.85. The molecule has 0 radical (unpaired) electrons. The van der Waals surface area contributed by atoms with Crippen LogP contribution < -0.4 is 4.57 Å². The van der Waals surface area contributed by atoms with Gasteiger partial charge in [-0.3, -0.25) is 4.79 Å². The lowest BCUT2D eigenvalue weighted by Crippen LogP contribution is -2.37. The number of ketones is 1. The molecular formula is C16H13NO4S. The number of hydrogen-bond donors (Lipinski definition) is 0. The van der Waals surface area contributed by atoms with E-state index in [1.165, 1.54) is 29.7 Å². The molecule has 0 unspecified atom stereocenters. The van der Waals surface area contributed by atoms with Crippen LogP contribution in [0.2, 0.25) is 0 Å². The first kappa shape index (κ1) is 15.9. The molecule has 0 fully saturated rings. The minimum absolute atomic E-state index is 0.169. The van der Waals surface area contributed by atoms with E-state index in [1.807, 2.05) is 0 Å². The van der Waals surface area contributed by atoms with E-state index in [0.717, 1.165) is 0 Å². The summed E-state index contributed by atoms with van der Waals surface area (Å²) < 4.78 is 35.8. The van der Waals surface area contributed by atoms with Gasteiger partial charge >= 0.3 is 0 Å². The fourth-order valence-corrected chi connectivity index (χ4v) is 2.79. The van der Waals surface area contributed by atoms with E-state index in [9.17, 15) is 17.8 Å². The molecule has 0 aliphatic rings. The number of carbonyl (C=O) groups is 1. The topological polar surface area (TPSA) is 78.1 Å². The SMILES string of the molecule is C=C=C(C(C)=O)c1cccc[n+]1-c1ccccc1S(=O)(=O)[O-]. The Balaban J connectivity index is 2.82. The number of Topliss-reactive ketones (excluding diaryl/α,β-unsaturated/α-hetero) is 1. The molecule has 0 saturated carbocycles. The number of pyridine rings is 1. The van der Waals surface area contributed by atoms with E-state index in [0.29, 0.717) is 5.69 Å². The lowest BCUT2D eigenvalue weighted by molar-refractivity contribution is -0.600. The molecule has 0 aliphatic heterocycles. The molecule has 1 heterocycles. The fraction of sp³-hybridized carbons (Fsp3) is 0.0625. The largest absolute Gasteiger partial charge is 0.744 e. The Kier molecular flexibility index (Phi) is 4.37. The monoisotopic (exact) mass is 315 g/mol. The van der Waals surface area contributed by atoms with E-state index in [2.05, 4.69) is 12.3 Å². The Morgan fingerprint density at radius 3 is 2.41 bits per heavy atom. The molecule has 6 heteroatoms. The molecule has 0 amide bonds. The molecule has 0 saturated heterocycles. The Bertz CT molecular complexity index is 894. The number of carbonyl (C=O) groups excluding carboxylic acids is 1. The second-order valence-corrected chi connectivity index (χ2v) is 5.83. The number of allylic oxidation sites excluding steroid dienone is 1. The number of para-hydroxylation sites is 1. The van der Waals surface area contributed by atoms with Crippen LogP contribution in [0.4, 0.5) is 0 Å². The quantitative estimate of drug-likeness (QED) is 0.372. The number of hydrogen-bond acceptors (Lipinski definition) is 4. The van der Waals surface area contributed by atoms with Crippen LogP contribution in [0, 0.1) is 0 Å². The van der Waals surface area contributed by atoms with Crippen LogP contribution in [0.25, 0.3) is 11.3 Å². The normalized spacial score (nSPS) is 10.8. The van der Waals surface area contributed by atoms with E-state index < -0.39 is 10.1 Å². The van der Waals surface area contributed by atoms with E-state index in [4.69, 9.17) is 0 Å². The van der Waals surface area contributed by atoms with Crippen molar-refractivity contribution in [3.8, 4) is 5.69 Å². The van der Waals surface area contributed by atoms with Crippen molar-refractivity contribution in [2.24, 2.45) is 0 Å². The number of rotatable bonds is 4. The highest BCUT2D eigenvalue weighted by molar-refractivity contribution is 7.85. The summed E-state index contributed by atoms with van der Waals surface area (Å²) in [5.41, 5.74) is 3.33. The first-order valence-electron chi connectivity index (χ1n) is 6.33. The molecular weight excluding hydrogens is 302 g/mol. The molecule has 0 spiro atoms. The minimum atomic E-state index is -4.65. The van der Waals surface area contributed by atoms with Gasteiger partial charge in [0.2, 0.25) is 11.4 Å². The molecule has 0 bridgehead atoms. The zero-order valence-electron chi connectivity index (χ0n) is 11.8. The molecule has 0 aliphatic carbocycles. The lowest BCUT2D eigenvalue weighted by Gasteiger charge is -2.10. The first-order chi connectivity index (χ1) is 10.4. The Hall–Kier alpha value is -2.53. The van der Waals surface area contributed by atoms with E-state index >= 15 is 0 Å². The number of benzene rings is 1. The van der Waals surface area contributed by atoms with Crippen LogP contribution >= 0.6 is 0 Å². The second-order valence-electron chi connectivity index (χ2n) is 4.49. The Labute approximate surface area is 128 Å². The molecule has 5 nitrogen and oxygen atoms in total. The van der Waals surface area contributed by atoms with Crippen LogP contribution in [0.3, 0.4) is 0 Å². The standard InChI is InChI=1S/C16H13NO4S/c1-3-13(12(2)18)14-8-6-7-11-17(14)15-9-4-5-10-16(15)22(19,20)21/h4-11H,1H2,2H3. The summed E-state index contributed by atoms with van der Waals surface area (Å²) in [4.78, 5) is 11.3. The van der Waals surface area contributed by atoms with Crippen LogP contribution in [0.1, 0.15) is 12.6 Å². The van der Waals surface area contributed by atoms with Gasteiger partial charge in [-0.25, -0.2) is 8.42 Å². The highest BCUT2D eigenvalue weighted by Crippen LogP contribution is 2.18. The molecule has 112 valence electrons. The second kappa shape index (κ2) is 6.07. The van der Waals surface area contributed by atoms with Gasteiger partial charge in [-0.05, 0) is 12.1 Å². The van der Waals surface area contributed by atoms with Gasteiger partial charge in [-0.2, -0.15) is 4.57 Å². The summed E-state index contributed by atoms with van der Waals surface area (Å²) in [7, 11) is -4.65. The maximum absolute atomic E-state index is 11.7. The average molecular weight is 315 g/mol. The maximum Gasteiger partial charge on any atom is 0.229 e. The van der Waals surface area contributed by atoms with Gasteiger partial charge in [0.05, 0.1) is 0 Å². The summed E-state index contributed by atoms with van der Waals surface area (Å²) in [6.07, 6.45) is 1.57. The van der Waals surface area contributed by atoms with Crippen molar-refractivity contribution in [1.29, 1.82) is 0 Å². The van der Waals surface area contributed by atoms with E-state index in [1.54, 1.807) is 30.5 Å². The van der Waals surface area contributed by atoms with Gasteiger partial charge in [0.25, 0.3) is 0 Å². The van der Waals surface area contributed by atoms with Crippen molar-refractivity contribution in [3.05, 3.63) is 66.7 Å². The zero-order valence-corrected chi connectivity index (χ0v) is 12.6. The molecule has 22 heavy (non-hydrogen) atoms. The van der Waals surface area contributed by atoms with Gasteiger partial charge in [0.1, 0.15) is 20.6 Å². The summed E-state index contributed by atoms with van der Waals surface area (Å²) in [6, 6.07) is 10.8. The van der Waals surface area contributed by atoms with Crippen LogP contribution in [-0.4, -0.2) is 18.8 Å². The molecule has 2 rings (SSSR count). The highest BCUT2D eigenvalue weighted by atomic mass is 32.2. The van der Waals surface area contributed by atoms with Crippen molar-refractivity contribution < 1.29 is 22.3 Å². The molecule has 0 N–H and O–H groups in total. The third-order valence-electron chi connectivity index (χ3n) is 3.04. The van der Waals surface area contributed by atoms with Crippen LogP contribution in [0.15, 0.2) is 65.9 Å². The fourth-order valence-electron chi connectivity index (χ4n) is 2.12. The smallest absolute Gasteiger partial charge is 0.229 e. The van der Waals surface area contributed by atoms with Gasteiger partial charge in [-0.1, -0.05) is 18.7 Å². The predicted octanol–water partition coefficient (Wildman–Crippen LogP) is 1.62. The Morgan fingerprint density at radius 1 is 1.18 bits per heavy atom. The zero-order chi connectivity index (χ0) is 16.3. The van der Waals surface area contributed by atoms with Crippen molar-refractivity contribution in [3.63, 3.8) is 0 Å². The summed E-state index contributed by atoms with van der Waals surface area (Å²) in [5, 5.41) is 0. The first-order valence-corrected chi connectivity index (χ1v) is 7.74. The van der Waals surface area contributed by atoms with Crippen molar-refractivity contribution in [2.45, 2.75) is 11.8 Å². The summed E-state index contributed by atoms with van der Waals surface area (Å²) in [5.74, 6) is -0.266. The lowest BCUT2D eigenvalue weighted by atomic mass is 10.1. The highest BCUT2D eigenvalue weighted by Gasteiger charge is 2.24. The van der Waals surface area contributed by atoms with Crippen molar-refractivity contribution in [1.82, 2.24) is 0 Å². The average Bonchev–Trinajstić information content (AvgIpc) is 2.47. The maximum atomic E-state index is 11.7. The van der Waals surface area contributed by atoms with Crippen molar-refractivity contribution in [2.75, 3.05) is 0 Å². The van der Waals surface area contributed by atoms with Gasteiger partial charge < -0.3 is 4.55 Å². The molecule has 2 aromatic rings. The molecule has 0 atom stereocenters. The van der Waals surface area contributed by atoms with Crippen LogP contribution in [0.5, 0.6) is 0 Å². The third kappa shape index (κ3) is 3.04. The van der Waals surface area contributed by atoms with Crippen LogP contribution in [-0.2, 0) is 14.9 Å². The van der Waals surface area contributed by atoms with Gasteiger partial charge in [0, 0.05) is 25.1 Å². The molecule has 1 aromatic carbocycles. The molecule has 1 aromatic heterocycles. The summed E-state index contributed by atoms with van der Waals surface area (Å²) >= 11 is 0. The Morgan fingerprint density at radius 2 is 1.82 bits per heavy atom. The number of nitrogens with zero attached hydrogens (tertiary/aromatic N) is 1. The van der Waals surface area contributed by atoms with E-state index in [-0.39, 0.29) is 21.9 Å². The van der Waals surface area contributed by atoms with Gasteiger partial charge in [-0.15, -0.1) is 5.73 Å². The minimum Gasteiger partial charge on any atom is -0.744 e. The van der Waals surface area contributed by atoms with Crippen molar-refractivity contribution >= 4 is 21.5 Å². The third-order valence-corrected chi connectivity index (χ3v) is 3.92. The van der Waals surface area contributed by atoms with Gasteiger partial charge in [0.15, 0.2) is 12.0 Å².